The summed E-state index contributed by atoms with van der Waals surface area (Å²) >= 11 is 5.82. The van der Waals surface area contributed by atoms with Crippen LogP contribution in [-0.2, 0) is 9.59 Å². The second-order valence-electron chi connectivity index (χ2n) is 6.64. The molecule has 136 valence electrons. The van der Waals surface area contributed by atoms with Crippen molar-refractivity contribution in [2.75, 3.05) is 13.1 Å². The molecule has 1 heterocycles. The number of amides is 2. The van der Waals surface area contributed by atoms with Gasteiger partial charge in [-0.25, -0.2) is 0 Å². The summed E-state index contributed by atoms with van der Waals surface area (Å²) in [7, 11) is 0. The summed E-state index contributed by atoms with van der Waals surface area (Å²) in [5.41, 5.74) is 0.437. The summed E-state index contributed by atoms with van der Waals surface area (Å²) in [5, 5.41) is 12.4. The van der Waals surface area contributed by atoms with Crippen LogP contribution in [0.4, 0.5) is 0 Å². The largest absolute Gasteiger partial charge is 0.481 e. The maximum atomic E-state index is 12.8. The first-order chi connectivity index (χ1) is 11.8. The van der Waals surface area contributed by atoms with E-state index in [-0.39, 0.29) is 17.7 Å². The lowest BCUT2D eigenvalue weighted by atomic mass is 9.95. The Labute approximate surface area is 152 Å². The summed E-state index contributed by atoms with van der Waals surface area (Å²) < 4.78 is 0. The van der Waals surface area contributed by atoms with E-state index >= 15 is 0 Å². The van der Waals surface area contributed by atoms with Crippen LogP contribution in [0.25, 0.3) is 0 Å². The number of nitrogens with zero attached hydrogens (tertiary/aromatic N) is 1. The van der Waals surface area contributed by atoms with Crippen LogP contribution in [0.5, 0.6) is 0 Å². The number of rotatable bonds is 5. The van der Waals surface area contributed by atoms with Crippen molar-refractivity contribution in [1.29, 1.82) is 0 Å². The molecule has 6 nitrogen and oxygen atoms in total. The molecule has 1 aromatic rings. The van der Waals surface area contributed by atoms with Crippen LogP contribution in [0, 0.1) is 11.8 Å². The van der Waals surface area contributed by atoms with Crippen molar-refractivity contribution in [3.8, 4) is 0 Å². The molecule has 0 radical (unpaired) electrons. The second-order valence-corrected chi connectivity index (χ2v) is 7.08. The first-order valence-corrected chi connectivity index (χ1v) is 8.75. The Bertz CT molecular complexity index is 637. The number of carboxylic acids is 1. The maximum absolute atomic E-state index is 12.8. The molecule has 1 aliphatic heterocycles. The molecule has 0 aromatic heterocycles. The van der Waals surface area contributed by atoms with E-state index in [4.69, 9.17) is 16.7 Å². The van der Waals surface area contributed by atoms with E-state index in [0.717, 1.165) is 0 Å². The van der Waals surface area contributed by atoms with E-state index in [2.05, 4.69) is 5.32 Å². The zero-order chi connectivity index (χ0) is 18.6. The Morgan fingerprint density at radius 1 is 1.16 bits per heavy atom. The van der Waals surface area contributed by atoms with E-state index in [0.29, 0.717) is 36.5 Å². The Morgan fingerprint density at radius 3 is 2.20 bits per heavy atom. The van der Waals surface area contributed by atoms with Gasteiger partial charge in [0.15, 0.2) is 0 Å². The van der Waals surface area contributed by atoms with Crippen LogP contribution in [-0.4, -0.2) is 46.9 Å². The third-order valence-electron chi connectivity index (χ3n) is 4.48. The van der Waals surface area contributed by atoms with Crippen molar-refractivity contribution in [3.05, 3.63) is 34.9 Å². The van der Waals surface area contributed by atoms with Gasteiger partial charge in [0, 0.05) is 23.7 Å². The summed E-state index contributed by atoms with van der Waals surface area (Å²) in [6.07, 6.45) is 0.883. The zero-order valence-corrected chi connectivity index (χ0v) is 15.1. The maximum Gasteiger partial charge on any atom is 0.306 e. The fourth-order valence-electron chi connectivity index (χ4n) is 2.88. The number of benzene rings is 1. The van der Waals surface area contributed by atoms with E-state index in [1.54, 1.807) is 29.2 Å². The highest BCUT2D eigenvalue weighted by Crippen LogP contribution is 2.19. The smallest absolute Gasteiger partial charge is 0.306 e. The number of piperidine rings is 1. The van der Waals surface area contributed by atoms with Crippen molar-refractivity contribution in [3.63, 3.8) is 0 Å². The molecule has 1 atom stereocenters. The predicted octanol–water partition coefficient (Wildman–Crippen LogP) is 2.42. The topological polar surface area (TPSA) is 86.7 Å². The summed E-state index contributed by atoms with van der Waals surface area (Å²) in [4.78, 5) is 37.9. The van der Waals surface area contributed by atoms with Crippen LogP contribution in [0.2, 0.25) is 5.02 Å². The van der Waals surface area contributed by atoms with Crippen LogP contribution >= 0.6 is 11.6 Å². The molecule has 0 bridgehead atoms. The highest BCUT2D eigenvalue weighted by molar-refractivity contribution is 6.30. The van der Waals surface area contributed by atoms with E-state index in [1.165, 1.54) is 0 Å². The average molecular weight is 367 g/mol. The molecule has 25 heavy (non-hydrogen) atoms. The number of hydrogen-bond acceptors (Lipinski definition) is 3. The predicted molar refractivity (Wildman–Crippen MR) is 94.5 cm³/mol. The third kappa shape index (κ3) is 4.95. The van der Waals surface area contributed by atoms with E-state index in [1.807, 2.05) is 13.8 Å². The second kappa shape index (κ2) is 8.34. The summed E-state index contributed by atoms with van der Waals surface area (Å²) in [6, 6.07) is 5.82. The molecule has 0 unspecified atom stereocenters. The quantitative estimate of drug-likeness (QED) is 0.837. The van der Waals surface area contributed by atoms with Gasteiger partial charge >= 0.3 is 5.97 Å². The van der Waals surface area contributed by atoms with Crippen LogP contribution < -0.4 is 5.32 Å². The van der Waals surface area contributed by atoms with Crippen molar-refractivity contribution in [2.45, 2.75) is 32.7 Å². The Hall–Kier alpha value is -2.08. The molecular formula is C18H23ClN2O4. The zero-order valence-electron chi connectivity index (χ0n) is 14.4. The first-order valence-electron chi connectivity index (χ1n) is 8.37. The van der Waals surface area contributed by atoms with Gasteiger partial charge < -0.3 is 15.3 Å². The molecule has 1 aliphatic rings. The standard InChI is InChI=1S/C18H23ClN2O4/c1-11(2)15(20-16(22)12-3-5-14(19)6-4-12)17(23)21-9-7-13(8-10-21)18(24)25/h3-6,11,13,15H,7-10H2,1-2H3,(H,20,22)(H,24,25)/t15-/m0/s1. The molecule has 2 N–H and O–H groups in total. The van der Waals surface area contributed by atoms with E-state index < -0.39 is 17.9 Å². The molecule has 2 amide bonds. The van der Waals surface area contributed by atoms with Gasteiger partial charge in [0.25, 0.3) is 5.91 Å². The number of hydrogen-bond donors (Lipinski definition) is 2. The molecule has 0 spiro atoms. The minimum atomic E-state index is -0.816. The summed E-state index contributed by atoms with van der Waals surface area (Å²) in [6.45, 7) is 4.54. The first kappa shape index (κ1) is 19.2. The van der Waals surface area contributed by atoms with Gasteiger partial charge in [0.2, 0.25) is 5.91 Å². The van der Waals surface area contributed by atoms with E-state index in [9.17, 15) is 14.4 Å². The Kier molecular flexibility index (Phi) is 6.42. The summed E-state index contributed by atoms with van der Waals surface area (Å²) in [5.74, 6) is -1.79. The lowest BCUT2D eigenvalue weighted by molar-refractivity contribution is -0.146. The highest BCUT2D eigenvalue weighted by atomic mass is 35.5. The molecule has 0 saturated carbocycles. The van der Waals surface area contributed by atoms with Gasteiger partial charge in [0.1, 0.15) is 6.04 Å². The van der Waals surface area contributed by atoms with Gasteiger partial charge in [-0.15, -0.1) is 0 Å². The van der Waals surface area contributed by atoms with Gasteiger partial charge in [-0.2, -0.15) is 0 Å². The molecule has 1 fully saturated rings. The van der Waals surface area contributed by atoms with Gasteiger partial charge in [0.05, 0.1) is 5.92 Å². The number of carbonyl (C=O) groups is 3. The van der Waals surface area contributed by atoms with Crippen molar-refractivity contribution < 1.29 is 19.5 Å². The number of likely N-dealkylation sites (tertiary alicyclic amines) is 1. The molecule has 2 rings (SSSR count). The molecule has 1 aromatic carbocycles. The Morgan fingerprint density at radius 2 is 1.72 bits per heavy atom. The number of halogens is 1. The third-order valence-corrected chi connectivity index (χ3v) is 4.73. The van der Waals surface area contributed by atoms with Crippen LogP contribution in [0.3, 0.4) is 0 Å². The highest BCUT2D eigenvalue weighted by Gasteiger charge is 2.33. The minimum Gasteiger partial charge on any atom is -0.481 e. The average Bonchev–Trinajstić information content (AvgIpc) is 2.59. The lowest BCUT2D eigenvalue weighted by Crippen LogP contribution is -2.53. The van der Waals surface area contributed by atoms with Crippen molar-refractivity contribution in [1.82, 2.24) is 10.2 Å². The van der Waals surface area contributed by atoms with Gasteiger partial charge in [-0.3, -0.25) is 14.4 Å². The lowest BCUT2D eigenvalue weighted by Gasteiger charge is -2.34. The fraction of sp³-hybridized carbons (Fsp3) is 0.500. The van der Waals surface area contributed by atoms with Crippen molar-refractivity contribution >= 4 is 29.4 Å². The normalized spacial score (nSPS) is 16.6. The molecule has 0 aliphatic carbocycles. The van der Waals surface area contributed by atoms with Crippen LogP contribution in [0.1, 0.15) is 37.0 Å². The molecular weight excluding hydrogens is 344 g/mol. The monoisotopic (exact) mass is 366 g/mol. The SMILES string of the molecule is CC(C)[C@H](NC(=O)c1ccc(Cl)cc1)C(=O)N1CCC(C(=O)O)CC1. The molecule has 1 saturated heterocycles. The number of aliphatic carboxylic acids is 1. The number of carbonyl (C=O) groups excluding carboxylic acids is 2. The molecule has 7 heteroatoms. The Balaban J connectivity index is 2.02. The van der Waals surface area contributed by atoms with Gasteiger partial charge in [-0.05, 0) is 43.0 Å². The number of carboxylic acid groups (broad SMARTS) is 1. The fourth-order valence-corrected chi connectivity index (χ4v) is 3.01. The van der Waals surface area contributed by atoms with Gasteiger partial charge in [-0.1, -0.05) is 25.4 Å². The number of nitrogens with one attached hydrogen (secondary N) is 1. The van der Waals surface area contributed by atoms with Crippen molar-refractivity contribution in [2.24, 2.45) is 11.8 Å². The van der Waals surface area contributed by atoms with Crippen LogP contribution in [0.15, 0.2) is 24.3 Å². The minimum absolute atomic E-state index is 0.0825.